The zero-order valence-electron chi connectivity index (χ0n) is 11.2. The van der Waals surface area contributed by atoms with Crippen LogP contribution < -0.4 is 0 Å². The van der Waals surface area contributed by atoms with Crippen LogP contribution in [0.5, 0.6) is 0 Å². The molecule has 0 radical (unpaired) electrons. The van der Waals surface area contributed by atoms with Crippen molar-refractivity contribution < 1.29 is 23.9 Å². The molecule has 20 heavy (non-hydrogen) atoms. The minimum Gasteiger partial charge on any atom is -0.465 e. The minimum absolute atomic E-state index is 0.0601. The average molecular weight is 299 g/mol. The van der Waals surface area contributed by atoms with Crippen molar-refractivity contribution in [1.29, 1.82) is 0 Å². The summed E-state index contributed by atoms with van der Waals surface area (Å²) in [5, 5.41) is 0.163. The van der Waals surface area contributed by atoms with Crippen LogP contribution in [0, 0.1) is 5.92 Å². The molecule has 0 atom stereocenters. The van der Waals surface area contributed by atoms with E-state index in [-0.39, 0.29) is 23.8 Å². The second kappa shape index (κ2) is 7.65. The van der Waals surface area contributed by atoms with E-state index in [0.717, 1.165) is 0 Å². The maximum atomic E-state index is 12.3. The van der Waals surface area contributed by atoms with Crippen LogP contribution in [0.4, 0.5) is 0 Å². The molecular formula is C14H15ClO5. The number of ketones is 1. The molecule has 0 saturated carbocycles. The summed E-state index contributed by atoms with van der Waals surface area (Å²) in [5.41, 5.74) is 0.0836. The van der Waals surface area contributed by atoms with E-state index in [0.29, 0.717) is 0 Å². The van der Waals surface area contributed by atoms with Gasteiger partial charge in [0.25, 0.3) is 0 Å². The molecule has 1 aromatic rings. The molecule has 0 unspecified atom stereocenters. The SMILES string of the molecule is CCOC(=O)C(C(=O)OCC)C(=O)c1ccccc1Cl. The largest absolute Gasteiger partial charge is 0.465 e. The Balaban J connectivity index is 3.10. The number of esters is 2. The Hall–Kier alpha value is -1.88. The van der Waals surface area contributed by atoms with Gasteiger partial charge in [0, 0.05) is 5.56 Å². The van der Waals surface area contributed by atoms with Gasteiger partial charge >= 0.3 is 11.9 Å². The fraction of sp³-hybridized carbons (Fsp3) is 0.357. The molecule has 6 heteroatoms. The molecule has 0 aliphatic heterocycles. The molecular weight excluding hydrogens is 284 g/mol. The van der Waals surface area contributed by atoms with Gasteiger partial charge in [-0.25, -0.2) is 0 Å². The number of Topliss-reactive ketones (excluding diaryl/α,β-unsaturated/α-hetero) is 1. The van der Waals surface area contributed by atoms with Crippen LogP contribution in [0.1, 0.15) is 24.2 Å². The van der Waals surface area contributed by atoms with Crippen LogP contribution >= 0.6 is 11.6 Å². The van der Waals surface area contributed by atoms with Crippen molar-refractivity contribution in [2.24, 2.45) is 5.92 Å². The van der Waals surface area contributed by atoms with E-state index < -0.39 is 23.6 Å². The predicted octanol–water partition coefficient (Wildman–Crippen LogP) is 2.27. The number of benzene rings is 1. The summed E-state index contributed by atoms with van der Waals surface area (Å²) in [6, 6.07) is 6.17. The first-order valence-corrected chi connectivity index (χ1v) is 6.52. The summed E-state index contributed by atoms with van der Waals surface area (Å²) in [7, 11) is 0. The maximum absolute atomic E-state index is 12.3. The van der Waals surface area contributed by atoms with Crippen molar-refractivity contribution in [3.63, 3.8) is 0 Å². The van der Waals surface area contributed by atoms with Crippen molar-refractivity contribution in [2.45, 2.75) is 13.8 Å². The first-order chi connectivity index (χ1) is 9.52. The minimum atomic E-state index is -1.64. The fourth-order valence-corrected chi connectivity index (χ4v) is 1.81. The second-order valence-corrected chi connectivity index (χ2v) is 4.19. The molecule has 0 spiro atoms. The molecule has 1 rings (SSSR count). The molecule has 0 N–H and O–H groups in total. The number of carbonyl (C=O) groups is 3. The van der Waals surface area contributed by atoms with Crippen molar-refractivity contribution in [2.75, 3.05) is 13.2 Å². The molecule has 5 nitrogen and oxygen atoms in total. The predicted molar refractivity (Wildman–Crippen MR) is 72.5 cm³/mol. The van der Waals surface area contributed by atoms with Gasteiger partial charge in [-0.05, 0) is 26.0 Å². The van der Waals surface area contributed by atoms with Crippen molar-refractivity contribution in [3.05, 3.63) is 34.9 Å². The summed E-state index contributed by atoms with van der Waals surface area (Å²) in [4.78, 5) is 35.9. The summed E-state index contributed by atoms with van der Waals surface area (Å²) in [5.74, 6) is -4.24. The third kappa shape index (κ3) is 3.81. The van der Waals surface area contributed by atoms with Gasteiger partial charge in [0.05, 0.1) is 18.2 Å². The normalized spacial score (nSPS) is 10.2. The molecule has 0 aromatic heterocycles. The van der Waals surface area contributed by atoms with Gasteiger partial charge in [0.2, 0.25) is 5.92 Å². The van der Waals surface area contributed by atoms with Crippen LogP contribution in [0.15, 0.2) is 24.3 Å². The molecule has 0 aliphatic rings. The lowest BCUT2D eigenvalue weighted by Crippen LogP contribution is -2.35. The number of hydrogen-bond donors (Lipinski definition) is 0. The van der Waals surface area contributed by atoms with E-state index in [1.54, 1.807) is 26.0 Å². The van der Waals surface area contributed by atoms with Gasteiger partial charge in [-0.15, -0.1) is 0 Å². The van der Waals surface area contributed by atoms with E-state index in [1.807, 2.05) is 0 Å². The second-order valence-electron chi connectivity index (χ2n) is 3.78. The van der Waals surface area contributed by atoms with E-state index in [1.165, 1.54) is 12.1 Å². The van der Waals surface area contributed by atoms with Gasteiger partial charge in [-0.2, -0.15) is 0 Å². The molecule has 0 aliphatic carbocycles. The van der Waals surface area contributed by atoms with E-state index in [4.69, 9.17) is 21.1 Å². The van der Waals surface area contributed by atoms with Crippen molar-refractivity contribution in [1.82, 2.24) is 0 Å². The number of hydrogen-bond acceptors (Lipinski definition) is 5. The quantitative estimate of drug-likeness (QED) is 0.458. The molecule has 0 heterocycles. The lowest BCUT2D eigenvalue weighted by atomic mass is 9.97. The van der Waals surface area contributed by atoms with Crippen LogP contribution in [0.2, 0.25) is 5.02 Å². The first kappa shape index (κ1) is 16.2. The third-order valence-corrected chi connectivity index (χ3v) is 2.78. The van der Waals surface area contributed by atoms with Crippen molar-refractivity contribution >= 4 is 29.3 Å². The summed E-state index contributed by atoms with van der Waals surface area (Å²) in [6.07, 6.45) is 0. The molecule has 0 saturated heterocycles. The highest BCUT2D eigenvalue weighted by molar-refractivity contribution is 6.35. The summed E-state index contributed by atoms with van der Waals surface area (Å²) in [6.45, 7) is 3.29. The highest BCUT2D eigenvalue weighted by atomic mass is 35.5. The topological polar surface area (TPSA) is 69.7 Å². The Kier molecular flexibility index (Phi) is 6.18. The van der Waals surface area contributed by atoms with Crippen LogP contribution in [-0.4, -0.2) is 30.9 Å². The zero-order valence-corrected chi connectivity index (χ0v) is 12.0. The zero-order chi connectivity index (χ0) is 15.1. The molecule has 0 fully saturated rings. The number of ether oxygens (including phenoxy) is 2. The van der Waals surface area contributed by atoms with Gasteiger partial charge < -0.3 is 9.47 Å². The summed E-state index contributed by atoms with van der Waals surface area (Å²) >= 11 is 5.90. The Labute approximate surface area is 121 Å². The van der Waals surface area contributed by atoms with Gasteiger partial charge in [-0.3, -0.25) is 14.4 Å². The van der Waals surface area contributed by atoms with Crippen LogP contribution in [-0.2, 0) is 19.1 Å². The van der Waals surface area contributed by atoms with E-state index >= 15 is 0 Å². The lowest BCUT2D eigenvalue weighted by molar-refractivity contribution is -0.158. The van der Waals surface area contributed by atoms with Crippen molar-refractivity contribution in [3.8, 4) is 0 Å². The molecule has 0 bridgehead atoms. The standard InChI is InChI=1S/C14H15ClO5/c1-3-19-13(17)11(14(18)20-4-2)12(16)9-7-5-6-8-10(9)15/h5-8,11H,3-4H2,1-2H3. The summed E-state index contributed by atoms with van der Waals surface area (Å²) < 4.78 is 9.50. The number of halogens is 1. The Morgan fingerprint density at radius 2 is 1.55 bits per heavy atom. The molecule has 108 valence electrons. The number of rotatable bonds is 6. The Bertz CT molecular complexity index is 494. The van der Waals surface area contributed by atoms with Crippen LogP contribution in [0.25, 0.3) is 0 Å². The van der Waals surface area contributed by atoms with E-state index in [9.17, 15) is 14.4 Å². The maximum Gasteiger partial charge on any atom is 0.328 e. The van der Waals surface area contributed by atoms with Gasteiger partial charge in [0.1, 0.15) is 0 Å². The Morgan fingerprint density at radius 1 is 1.05 bits per heavy atom. The van der Waals surface area contributed by atoms with Gasteiger partial charge in [-0.1, -0.05) is 23.7 Å². The Morgan fingerprint density at radius 3 is 2.00 bits per heavy atom. The highest BCUT2D eigenvalue weighted by Crippen LogP contribution is 2.20. The molecule has 0 amide bonds. The molecule has 1 aromatic carbocycles. The van der Waals surface area contributed by atoms with Crippen LogP contribution in [0.3, 0.4) is 0 Å². The smallest absolute Gasteiger partial charge is 0.328 e. The first-order valence-electron chi connectivity index (χ1n) is 6.14. The lowest BCUT2D eigenvalue weighted by Gasteiger charge is -2.14. The number of carbonyl (C=O) groups excluding carboxylic acids is 3. The monoisotopic (exact) mass is 298 g/mol. The average Bonchev–Trinajstić information content (AvgIpc) is 2.40. The van der Waals surface area contributed by atoms with Gasteiger partial charge in [0.15, 0.2) is 5.78 Å². The fourth-order valence-electron chi connectivity index (χ4n) is 1.58. The highest BCUT2D eigenvalue weighted by Gasteiger charge is 2.38. The third-order valence-electron chi connectivity index (χ3n) is 2.45. The van der Waals surface area contributed by atoms with E-state index in [2.05, 4.69) is 0 Å².